The van der Waals surface area contributed by atoms with Crippen LogP contribution in [-0.2, 0) is 11.2 Å². The lowest BCUT2D eigenvalue weighted by Crippen LogP contribution is -2.34. The zero-order valence-electron chi connectivity index (χ0n) is 10.7. The molecule has 1 aliphatic heterocycles. The van der Waals surface area contributed by atoms with Crippen molar-refractivity contribution in [2.24, 2.45) is 0 Å². The molecular formula is C12H18N2O5. The fourth-order valence-corrected chi connectivity index (χ4v) is 2.24. The Morgan fingerprint density at radius 2 is 2.26 bits per heavy atom. The van der Waals surface area contributed by atoms with Gasteiger partial charge in [-0.05, 0) is 6.42 Å². The molecule has 0 aliphatic carbocycles. The summed E-state index contributed by atoms with van der Waals surface area (Å²) >= 11 is 0. The highest BCUT2D eigenvalue weighted by atomic mass is 16.5. The first kappa shape index (κ1) is 14.0. The zero-order chi connectivity index (χ0) is 14.0. The van der Waals surface area contributed by atoms with Crippen molar-refractivity contribution >= 4 is 0 Å². The minimum absolute atomic E-state index is 0.211. The van der Waals surface area contributed by atoms with Crippen molar-refractivity contribution in [1.82, 2.24) is 9.55 Å². The molecule has 1 fully saturated rings. The molecule has 1 aromatic heterocycles. The van der Waals surface area contributed by atoms with Crippen LogP contribution in [0.5, 0.6) is 0 Å². The Morgan fingerprint density at radius 1 is 1.53 bits per heavy atom. The minimum Gasteiger partial charge on any atom is -0.394 e. The number of aromatic amines is 1. The highest BCUT2D eigenvalue weighted by Crippen LogP contribution is 2.27. The van der Waals surface area contributed by atoms with Crippen LogP contribution in [0.1, 0.15) is 31.6 Å². The SMILES string of the molecule is CCCc1cn([C@H]2C[C@H](O)[C@@H](CO)O2)c(=O)[nH]c1=O. The van der Waals surface area contributed by atoms with Crippen molar-refractivity contribution in [3.63, 3.8) is 0 Å². The van der Waals surface area contributed by atoms with Gasteiger partial charge in [0.15, 0.2) is 0 Å². The van der Waals surface area contributed by atoms with Crippen molar-refractivity contribution in [1.29, 1.82) is 0 Å². The summed E-state index contributed by atoms with van der Waals surface area (Å²) in [5.74, 6) is 0. The van der Waals surface area contributed by atoms with Crippen LogP contribution in [0.4, 0.5) is 0 Å². The third kappa shape index (κ3) is 2.78. The second-order valence-electron chi connectivity index (χ2n) is 4.69. The first-order chi connectivity index (χ1) is 9.06. The van der Waals surface area contributed by atoms with E-state index in [0.29, 0.717) is 12.0 Å². The molecule has 1 aromatic rings. The largest absolute Gasteiger partial charge is 0.394 e. The number of aryl methyl sites for hydroxylation is 1. The van der Waals surface area contributed by atoms with E-state index in [0.717, 1.165) is 6.42 Å². The van der Waals surface area contributed by atoms with Gasteiger partial charge in [0.25, 0.3) is 5.56 Å². The van der Waals surface area contributed by atoms with Crippen LogP contribution < -0.4 is 11.2 Å². The number of nitrogens with one attached hydrogen (secondary N) is 1. The van der Waals surface area contributed by atoms with Gasteiger partial charge in [-0.3, -0.25) is 14.3 Å². The average Bonchev–Trinajstić information content (AvgIpc) is 2.74. The summed E-state index contributed by atoms with van der Waals surface area (Å²) in [5, 5.41) is 18.7. The van der Waals surface area contributed by atoms with Crippen LogP contribution >= 0.6 is 0 Å². The summed E-state index contributed by atoms with van der Waals surface area (Å²) in [4.78, 5) is 25.6. The number of aliphatic hydroxyl groups is 2. The number of nitrogens with zero attached hydrogens (tertiary/aromatic N) is 1. The van der Waals surface area contributed by atoms with Gasteiger partial charge in [-0.2, -0.15) is 0 Å². The van der Waals surface area contributed by atoms with E-state index in [2.05, 4.69) is 4.98 Å². The lowest BCUT2D eigenvalue weighted by atomic mass is 10.2. The number of ether oxygens (including phenoxy) is 1. The van der Waals surface area contributed by atoms with Gasteiger partial charge >= 0.3 is 5.69 Å². The maximum Gasteiger partial charge on any atom is 0.330 e. The Balaban J connectivity index is 2.33. The fraction of sp³-hybridized carbons (Fsp3) is 0.667. The summed E-state index contributed by atoms with van der Waals surface area (Å²) in [5.41, 5.74) is -0.450. The van der Waals surface area contributed by atoms with E-state index in [-0.39, 0.29) is 18.6 Å². The lowest BCUT2D eigenvalue weighted by molar-refractivity contribution is -0.0460. The van der Waals surface area contributed by atoms with Gasteiger partial charge in [-0.15, -0.1) is 0 Å². The highest BCUT2D eigenvalue weighted by Gasteiger charge is 2.35. The topological polar surface area (TPSA) is 105 Å². The third-order valence-electron chi connectivity index (χ3n) is 3.26. The van der Waals surface area contributed by atoms with Crippen LogP contribution in [0.3, 0.4) is 0 Å². The van der Waals surface area contributed by atoms with Gasteiger partial charge < -0.3 is 14.9 Å². The van der Waals surface area contributed by atoms with Crippen LogP contribution in [-0.4, -0.2) is 38.6 Å². The molecule has 7 nitrogen and oxygen atoms in total. The molecule has 0 spiro atoms. The molecule has 3 atom stereocenters. The standard InChI is InChI=1S/C12H18N2O5/c1-2-3-7-5-14(12(18)13-11(7)17)10-4-8(16)9(6-15)19-10/h5,8-10,15-16H,2-4,6H2,1H3,(H,13,17,18)/t8-,9+,10+/m0/s1. The Labute approximate surface area is 109 Å². The van der Waals surface area contributed by atoms with E-state index in [9.17, 15) is 14.7 Å². The molecule has 19 heavy (non-hydrogen) atoms. The number of aliphatic hydroxyl groups excluding tert-OH is 2. The Bertz CT molecular complexity index is 550. The molecule has 106 valence electrons. The van der Waals surface area contributed by atoms with E-state index in [1.54, 1.807) is 0 Å². The molecule has 0 aromatic carbocycles. The van der Waals surface area contributed by atoms with E-state index in [1.165, 1.54) is 10.8 Å². The first-order valence-corrected chi connectivity index (χ1v) is 6.35. The molecule has 1 aliphatic rings. The lowest BCUT2D eigenvalue weighted by Gasteiger charge is -2.15. The van der Waals surface area contributed by atoms with Crippen LogP contribution in [0.2, 0.25) is 0 Å². The molecule has 2 heterocycles. The second kappa shape index (κ2) is 5.68. The zero-order valence-corrected chi connectivity index (χ0v) is 10.7. The molecular weight excluding hydrogens is 252 g/mol. The quantitative estimate of drug-likeness (QED) is 0.659. The van der Waals surface area contributed by atoms with E-state index in [4.69, 9.17) is 9.84 Å². The number of hydrogen-bond donors (Lipinski definition) is 3. The van der Waals surface area contributed by atoms with Crippen LogP contribution in [0, 0.1) is 0 Å². The summed E-state index contributed by atoms with van der Waals surface area (Å²) in [6, 6.07) is 0. The molecule has 0 bridgehead atoms. The number of H-pyrrole nitrogens is 1. The van der Waals surface area contributed by atoms with Gasteiger partial charge in [-0.1, -0.05) is 13.3 Å². The summed E-state index contributed by atoms with van der Waals surface area (Å²) in [6.45, 7) is 1.63. The van der Waals surface area contributed by atoms with Crippen molar-refractivity contribution in [3.8, 4) is 0 Å². The normalized spacial score (nSPS) is 26.8. The predicted molar refractivity (Wildman–Crippen MR) is 66.9 cm³/mol. The average molecular weight is 270 g/mol. The Kier molecular flexibility index (Phi) is 4.18. The number of hydrogen-bond acceptors (Lipinski definition) is 5. The van der Waals surface area contributed by atoms with Crippen LogP contribution in [0.15, 0.2) is 15.8 Å². The van der Waals surface area contributed by atoms with Crippen molar-refractivity contribution in [2.45, 2.75) is 44.6 Å². The van der Waals surface area contributed by atoms with Gasteiger partial charge in [0.05, 0.1) is 12.7 Å². The maximum atomic E-state index is 11.8. The van der Waals surface area contributed by atoms with Gasteiger partial charge in [0.1, 0.15) is 12.3 Å². The Hall–Kier alpha value is -1.44. The van der Waals surface area contributed by atoms with E-state index >= 15 is 0 Å². The summed E-state index contributed by atoms with van der Waals surface area (Å²) < 4.78 is 6.67. The van der Waals surface area contributed by atoms with E-state index < -0.39 is 24.1 Å². The molecule has 7 heteroatoms. The number of aromatic nitrogens is 2. The fourth-order valence-electron chi connectivity index (χ4n) is 2.24. The molecule has 3 N–H and O–H groups in total. The first-order valence-electron chi connectivity index (χ1n) is 6.35. The number of rotatable bonds is 4. The predicted octanol–water partition coefficient (Wildman–Crippen LogP) is -0.870. The summed E-state index contributed by atoms with van der Waals surface area (Å²) in [6.07, 6.45) is 0.863. The van der Waals surface area contributed by atoms with Gasteiger partial charge in [0.2, 0.25) is 0 Å². The van der Waals surface area contributed by atoms with Gasteiger partial charge in [0, 0.05) is 18.2 Å². The second-order valence-corrected chi connectivity index (χ2v) is 4.69. The Morgan fingerprint density at radius 3 is 2.84 bits per heavy atom. The molecule has 0 saturated carbocycles. The highest BCUT2D eigenvalue weighted by molar-refractivity contribution is 5.05. The summed E-state index contributed by atoms with van der Waals surface area (Å²) in [7, 11) is 0. The molecule has 0 radical (unpaired) electrons. The smallest absolute Gasteiger partial charge is 0.330 e. The third-order valence-corrected chi connectivity index (χ3v) is 3.26. The molecule has 1 saturated heterocycles. The van der Waals surface area contributed by atoms with Gasteiger partial charge in [-0.25, -0.2) is 4.79 Å². The minimum atomic E-state index is -0.816. The monoisotopic (exact) mass is 270 g/mol. The molecule has 0 unspecified atom stereocenters. The van der Waals surface area contributed by atoms with Crippen molar-refractivity contribution < 1.29 is 14.9 Å². The maximum absolute atomic E-state index is 11.8. The molecule has 0 amide bonds. The van der Waals surface area contributed by atoms with E-state index in [1.807, 2.05) is 6.92 Å². The van der Waals surface area contributed by atoms with Crippen molar-refractivity contribution in [3.05, 3.63) is 32.6 Å². The molecule has 2 rings (SSSR count). The van der Waals surface area contributed by atoms with Crippen molar-refractivity contribution in [2.75, 3.05) is 6.61 Å². The van der Waals surface area contributed by atoms with Crippen LogP contribution in [0.25, 0.3) is 0 Å².